The molecular weight excluding hydrogens is 354 g/mol. The van der Waals surface area contributed by atoms with Crippen molar-refractivity contribution in [3.05, 3.63) is 59.7 Å². The summed E-state index contributed by atoms with van der Waals surface area (Å²) in [5, 5.41) is 0. The lowest BCUT2D eigenvalue weighted by Gasteiger charge is -2.38. The van der Waals surface area contributed by atoms with Crippen molar-refractivity contribution in [2.45, 2.75) is 19.5 Å². The van der Waals surface area contributed by atoms with Crippen LogP contribution in [0.5, 0.6) is 5.75 Å². The van der Waals surface area contributed by atoms with E-state index in [0.717, 1.165) is 30.1 Å². The Bertz CT molecular complexity index is 873. The highest BCUT2D eigenvalue weighted by molar-refractivity contribution is 6.01. The summed E-state index contributed by atoms with van der Waals surface area (Å²) in [5.74, 6) is 0.812. The van der Waals surface area contributed by atoms with Gasteiger partial charge in [-0.3, -0.25) is 9.59 Å². The number of anilines is 1. The van der Waals surface area contributed by atoms with Gasteiger partial charge in [-0.1, -0.05) is 18.2 Å². The molecule has 28 heavy (non-hydrogen) atoms. The number of benzene rings is 2. The molecule has 0 bridgehead atoms. The first-order valence-corrected chi connectivity index (χ1v) is 9.65. The molecule has 0 unspecified atom stereocenters. The highest BCUT2D eigenvalue weighted by Gasteiger charge is 2.36. The number of hydrogen-bond donors (Lipinski definition) is 0. The van der Waals surface area contributed by atoms with Crippen molar-refractivity contribution in [1.29, 1.82) is 0 Å². The van der Waals surface area contributed by atoms with E-state index < -0.39 is 6.04 Å². The number of ether oxygens (including phenoxy) is 1. The minimum atomic E-state index is -0.451. The smallest absolute Gasteiger partial charge is 0.255 e. The summed E-state index contributed by atoms with van der Waals surface area (Å²) in [7, 11) is 1.66. The van der Waals surface area contributed by atoms with Crippen LogP contribution >= 0.6 is 0 Å². The van der Waals surface area contributed by atoms with E-state index in [-0.39, 0.29) is 11.8 Å². The molecule has 2 amide bonds. The number of carbonyl (C=O) groups excluding carboxylic acids is 2. The number of piperazine rings is 1. The molecule has 0 radical (unpaired) electrons. The third kappa shape index (κ3) is 3.30. The summed E-state index contributed by atoms with van der Waals surface area (Å²) >= 11 is 0. The Morgan fingerprint density at radius 2 is 1.68 bits per heavy atom. The summed E-state index contributed by atoms with van der Waals surface area (Å²) in [4.78, 5) is 31.5. The highest BCUT2D eigenvalue weighted by Crippen LogP contribution is 2.26. The summed E-state index contributed by atoms with van der Waals surface area (Å²) in [6, 6.07) is 15.1. The second kappa shape index (κ2) is 7.54. The minimum absolute atomic E-state index is 0.0236. The second-order valence-electron chi connectivity index (χ2n) is 7.28. The van der Waals surface area contributed by atoms with Crippen molar-refractivity contribution in [2.75, 3.05) is 38.2 Å². The molecule has 2 aromatic carbocycles. The molecule has 2 aromatic rings. The Balaban J connectivity index is 1.37. The lowest BCUT2D eigenvalue weighted by molar-refractivity contribution is -0.136. The van der Waals surface area contributed by atoms with Gasteiger partial charge in [-0.15, -0.1) is 0 Å². The van der Waals surface area contributed by atoms with Crippen molar-refractivity contribution < 1.29 is 14.3 Å². The van der Waals surface area contributed by atoms with Crippen molar-refractivity contribution in [2.24, 2.45) is 0 Å². The largest absolute Gasteiger partial charge is 0.497 e. The summed E-state index contributed by atoms with van der Waals surface area (Å²) in [6.45, 7) is 5.21. The van der Waals surface area contributed by atoms with E-state index in [0.29, 0.717) is 25.2 Å². The van der Waals surface area contributed by atoms with Crippen LogP contribution in [-0.2, 0) is 11.3 Å². The van der Waals surface area contributed by atoms with Crippen LogP contribution in [0.1, 0.15) is 22.8 Å². The number of amides is 2. The Morgan fingerprint density at radius 3 is 2.32 bits per heavy atom. The molecule has 0 aromatic heterocycles. The van der Waals surface area contributed by atoms with Crippen LogP contribution in [0.3, 0.4) is 0 Å². The van der Waals surface area contributed by atoms with Gasteiger partial charge < -0.3 is 19.4 Å². The number of rotatable bonds is 4. The molecule has 1 saturated heterocycles. The van der Waals surface area contributed by atoms with Gasteiger partial charge in [0.2, 0.25) is 5.91 Å². The molecule has 2 aliphatic heterocycles. The number of carbonyl (C=O) groups is 2. The van der Waals surface area contributed by atoms with E-state index in [4.69, 9.17) is 4.74 Å². The predicted octanol–water partition coefficient (Wildman–Crippen LogP) is 2.39. The van der Waals surface area contributed by atoms with E-state index in [1.807, 2.05) is 60.4 Å². The molecule has 0 spiro atoms. The van der Waals surface area contributed by atoms with Crippen molar-refractivity contribution >= 4 is 17.5 Å². The van der Waals surface area contributed by atoms with E-state index in [1.54, 1.807) is 12.0 Å². The quantitative estimate of drug-likeness (QED) is 0.819. The summed E-state index contributed by atoms with van der Waals surface area (Å²) in [6.07, 6.45) is 0. The van der Waals surface area contributed by atoms with Crippen LogP contribution in [-0.4, -0.2) is 60.9 Å². The average molecular weight is 379 g/mol. The number of nitrogens with zero attached hydrogens (tertiary/aromatic N) is 3. The molecule has 0 N–H and O–H groups in total. The zero-order chi connectivity index (χ0) is 19.7. The van der Waals surface area contributed by atoms with Gasteiger partial charge in [-0.2, -0.15) is 0 Å². The van der Waals surface area contributed by atoms with Crippen LogP contribution in [0.25, 0.3) is 0 Å². The van der Waals surface area contributed by atoms with Crippen LogP contribution in [0.2, 0.25) is 0 Å². The fourth-order valence-electron chi connectivity index (χ4n) is 3.97. The Kier molecular flexibility index (Phi) is 4.94. The minimum Gasteiger partial charge on any atom is -0.497 e. The molecule has 4 rings (SSSR count). The van der Waals surface area contributed by atoms with Gasteiger partial charge in [-0.25, -0.2) is 0 Å². The third-order valence-corrected chi connectivity index (χ3v) is 5.70. The number of methoxy groups -OCH3 is 1. The van der Waals surface area contributed by atoms with Crippen molar-refractivity contribution in [3.63, 3.8) is 0 Å². The number of hydrogen-bond acceptors (Lipinski definition) is 4. The fourth-order valence-corrected chi connectivity index (χ4v) is 3.97. The SMILES string of the molecule is COc1ccc(N2CCN(C(=O)[C@H](C)N3Cc4ccccc4C3=O)CC2)cc1. The van der Waals surface area contributed by atoms with Gasteiger partial charge in [0.15, 0.2) is 0 Å². The Hall–Kier alpha value is -3.02. The molecule has 2 aliphatic rings. The summed E-state index contributed by atoms with van der Waals surface area (Å²) < 4.78 is 5.21. The molecule has 146 valence electrons. The fraction of sp³-hybridized carbons (Fsp3) is 0.364. The van der Waals surface area contributed by atoms with Crippen molar-refractivity contribution in [1.82, 2.24) is 9.80 Å². The zero-order valence-electron chi connectivity index (χ0n) is 16.3. The van der Waals surface area contributed by atoms with E-state index in [2.05, 4.69) is 4.90 Å². The van der Waals surface area contributed by atoms with E-state index in [9.17, 15) is 9.59 Å². The van der Waals surface area contributed by atoms with Gasteiger partial charge in [0.1, 0.15) is 11.8 Å². The molecule has 2 heterocycles. The standard InChI is InChI=1S/C22H25N3O3/c1-16(25-15-17-5-3-4-6-20(17)22(25)27)21(26)24-13-11-23(12-14-24)18-7-9-19(28-2)10-8-18/h3-10,16H,11-15H2,1-2H3/t16-/m0/s1. The van der Waals surface area contributed by atoms with Crippen LogP contribution in [0.4, 0.5) is 5.69 Å². The van der Waals surface area contributed by atoms with Crippen molar-refractivity contribution in [3.8, 4) is 5.75 Å². The first-order valence-electron chi connectivity index (χ1n) is 9.65. The van der Waals surface area contributed by atoms with Gasteiger partial charge in [0.25, 0.3) is 5.91 Å². The summed E-state index contributed by atoms with van der Waals surface area (Å²) in [5.41, 5.74) is 2.84. The van der Waals surface area contributed by atoms with E-state index in [1.165, 1.54) is 0 Å². The Morgan fingerprint density at radius 1 is 1.00 bits per heavy atom. The van der Waals surface area contributed by atoms with Crippen LogP contribution in [0.15, 0.2) is 48.5 Å². The number of fused-ring (bicyclic) bond motifs is 1. The van der Waals surface area contributed by atoms with Gasteiger partial charge in [-0.05, 0) is 42.8 Å². The molecule has 6 heteroatoms. The van der Waals surface area contributed by atoms with Crippen LogP contribution in [0, 0.1) is 0 Å². The lowest BCUT2D eigenvalue weighted by atomic mass is 10.1. The predicted molar refractivity (Wildman–Crippen MR) is 108 cm³/mol. The van der Waals surface area contributed by atoms with Crippen LogP contribution < -0.4 is 9.64 Å². The molecule has 1 atom stereocenters. The molecule has 0 saturated carbocycles. The Labute approximate surface area is 165 Å². The first kappa shape index (κ1) is 18.3. The van der Waals surface area contributed by atoms with Gasteiger partial charge in [0, 0.05) is 44.0 Å². The molecule has 1 fully saturated rings. The third-order valence-electron chi connectivity index (χ3n) is 5.70. The monoisotopic (exact) mass is 379 g/mol. The topological polar surface area (TPSA) is 53.1 Å². The maximum absolute atomic E-state index is 13.0. The van der Waals surface area contributed by atoms with E-state index >= 15 is 0 Å². The molecule has 0 aliphatic carbocycles. The second-order valence-corrected chi connectivity index (χ2v) is 7.28. The maximum atomic E-state index is 13.0. The van der Waals surface area contributed by atoms with Gasteiger partial charge >= 0.3 is 0 Å². The first-order chi connectivity index (χ1) is 13.6. The molecular formula is C22H25N3O3. The van der Waals surface area contributed by atoms with Gasteiger partial charge in [0.05, 0.1) is 7.11 Å². The average Bonchev–Trinajstić information content (AvgIpc) is 3.09. The maximum Gasteiger partial charge on any atom is 0.255 e. The highest BCUT2D eigenvalue weighted by atomic mass is 16.5. The normalized spacial score (nSPS) is 17.5. The zero-order valence-corrected chi connectivity index (χ0v) is 16.3. The molecule has 6 nitrogen and oxygen atoms in total. The lowest BCUT2D eigenvalue weighted by Crippen LogP contribution is -2.54.